The van der Waals surface area contributed by atoms with Crippen LogP contribution in [0.5, 0.6) is 0 Å². The maximum atomic E-state index is 8.98. The van der Waals surface area contributed by atoms with E-state index in [0.717, 1.165) is 25.9 Å². The molecule has 2 atom stereocenters. The maximum absolute atomic E-state index is 8.98. The van der Waals surface area contributed by atoms with Gasteiger partial charge in [-0.25, -0.2) is 0 Å². The second-order valence-corrected chi connectivity index (χ2v) is 6.40. The SMILES string of the molecule is CCNC(C)C(C)(C)CN1CCCC1CCCO. The van der Waals surface area contributed by atoms with Gasteiger partial charge >= 0.3 is 0 Å². The summed E-state index contributed by atoms with van der Waals surface area (Å²) in [6.45, 7) is 13.0. The Morgan fingerprint density at radius 1 is 1.44 bits per heavy atom. The second kappa shape index (κ2) is 7.46. The molecule has 0 aromatic heterocycles. The number of nitrogens with one attached hydrogen (secondary N) is 1. The van der Waals surface area contributed by atoms with Gasteiger partial charge < -0.3 is 10.4 Å². The number of rotatable bonds is 8. The van der Waals surface area contributed by atoms with Crippen LogP contribution in [0.4, 0.5) is 0 Å². The van der Waals surface area contributed by atoms with Gasteiger partial charge in [-0.3, -0.25) is 4.90 Å². The van der Waals surface area contributed by atoms with Crippen molar-refractivity contribution in [2.24, 2.45) is 5.41 Å². The van der Waals surface area contributed by atoms with E-state index in [2.05, 4.69) is 37.9 Å². The summed E-state index contributed by atoms with van der Waals surface area (Å²) in [7, 11) is 0. The third-order valence-electron chi connectivity index (χ3n) is 4.49. The average molecular weight is 256 g/mol. The highest BCUT2D eigenvalue weighted by Gasteiger charge is 2.32. The second-order valence-electron chi connectivity index (χ2n) is 6.40. The minimum absolute atomic E-state index is 0.303. The number of hydrogen-bond donors (Lipinski definition) is 2. The third kappa shape index (κ3) is 4.52. The molecule has 0 aromatic rings. The predicted molar refractivity (Wildman–Crippen MR) is 77.8 cm³/mol. The van der Waals surface area contributed by atoms with Gasteiger partial charge in [0.25, 0.3) is 0 Å². The lowest BCUT2D eigenvalue weighted by molar-refractivity contribution is 0.125. The van der Waals surface area contributed by atoms with Crippen molar-refractivity contribution >= 4 is 0 Å². The molecule has 1 saturated heterocycles. The first kappa shape index (κ1) is 15.9. The third-order valence-corrected chi connectivity index (χ3v) is 4.49. The van der Waals surface area contributed by atoms with E-state index in [1.54, 1.807) is 0 Å². The van der Waals surface area contributed by atoms with Crippen LogP contribution in [-0.2, 0) is 0 Å². The number of aliphatic hydroxyl groups is 1. The molecular formula is C15H32N2O. The van der Waals surface area contributed by atoms with Crippen molar-refractivity contribution in [3.05, 3.63) is 0 Å². The summed E-state index contributed by atoms with van der Waals surface area (Å²) < 4.78 is 0. The Balaban J connectivity index is 2.48. The summed E-state index contributed by atoms with van der Waals surface area (Å²) in [6.07, 6.45) is 4.74. The highest BCUT2D eigenvalue weighted by atomic mass is 16.2. The molecule has 2 unspecified atom stereocenters. The zero-order valence-electron chi connectivity index (χ0n) is 12.7. The minimum atomic E-state index is 0.303. The van der Waals surface area contributed by atoms with Gasteiger partial charge in [0.2, 0.25) is 0 Å². The molecule has 0 saturated carbocycles. The van der Waals surface area contributed by atoms with Gasteiger partial charge in [0.15, 0.2) is 0 Å². The molecule has 18 heavy (non-hydrogen) atoms. The van der Waals surface area contributed by atoms with Crippen LogP contribution in [0, 0.1) is 5.41 Å². The van der Waals surface area contributed by atoms with Crippen LogP contribution in [0.2, 0.25) is 0 Å². The summed E-state index contributed by atoms with van der Waals surface area (Å²) in [5.74, 6) is 0. The van der Waals surface area contributed by atoms with Crippen molar-refractivity contribution in [2.45, 2.75) is 65.5 Å². The lowest BCUT2D eigenvalue weighted by atomic mass is 9.84. The average Bonchev–Trinajstić information content (AvgIpc) is 2.73. The first-order valence-electron chi connectivity index (χ1n) is 7.59. The van der Waals surface area contributed by atoms with E-state index >= 15 is 0 Å². The molecule has 1 fully saturated rings. The molecule has 3 heteroatoms. The van der Waals surface area contributed by atoms with Crippen molar-refractivity contribution in [3.63, 3.8) is 0 Å². The van der Waals surface area contributed by atoms with Crippen molar-refractivity contribution in [3.8, 4) is 0 Å². The summed E-state index contributed by atoms with van der Waals surface area (Å²) in [5, 5.41) is 12.5. The molecule has 1 aliphatic rings. The molecule has 0 bridgehead atoms. The Morgan fingerprint density at radius 2 is 2.17 bits per heavy atom. The maximum Gasteiger partial charge on any atom is 0.0431 e. The van der Waals surface area contributed by atoms with Crippen LogP contribution in [0.3, 0.4) is 0 Å². The molecule has 0 amide bonds. The number of hydrogen-bond acceptors (Lipinski definition) is 3. The number of likely N-dealkylation sites (tertiary alicyclic amines) is 1. The molecular weight excluding hydrogens is 224 g/mol. The quantitative estimate of drug-likeness (QED) is 0.699. The van der Waals surface area contributed by atoms with Crippen LogP contribution < -0.4 is 5.32 Å². The zero-order chi connectivity index (χ0) is 13.6. The standard InChI is InChI=1S/C15H32N2O/c1-5-16-13(2)15(3,4)12-17-10-6-8-14(17)9-7-11-18/h13-14,16,18H,5-12H2,1-4H3. The summed E-state index contributed by atoms with van der Waals surface area (Å²) in [5.41, 5.74) is 0.303. The van der Waals surface area contributed by atoms with Gasteiger partial charge in [-0.05, 0) is 51.1 Å². The van der Waals surface area contributed by atoms with Gasteiger partial charge in [0.1, 0.15) is 0 Å². The smallest absolute Gasteiger partial charge is 0.0431 e. The first-order chi connectivity index (χ1) is 8.51. The Bertz CT molecular complexity index is 231. The molecule has 1 rings (SSSR count). The van der Waals surface area contributed by atoms with Crippen molar-refractivity contribution < 1.29 is 5.11 Å². The summed E-state index contributed by atoms with van der Waals surface area (Å²) in [4.78, 5) is 2.64. The topological polar surface area (TPSA) is 35.5 Å². The molecule has 0 aliphatic carbocycles. The van der Waals surface area contributed by atoms with E-state index in [1.807, 2.05) is 0 Å². The fourth-order valence-corrected chi connectivity index (χ4v) is 3.00. The predicted octanol–water partition coefficient (Wildman–Crippen LogP) is 2.25. The molecule has 3 nitrogen and oxygen atoms in total. The van der Waals surface area contributed by atoms with Gasteiger partial charge in [-0.2, -0.15) is 0 Å². The fraction of sp³-hybridized carbons (Fsp3) is 1.00. The molecule has 1 aliphatic heterocycles. The van der Waals surface area contributed by atoms with Crippen LogP contribution in [0.25, 0.3) is 0 Å². The minimum Gasteiger partial charge on any atom is -0.396 e. The van der Waals surface area contributed by atoms with E-state index in [0.29, 0.717) is 24.1 Å². The van der Waals surface area contributed by atoms with Gasteiger partial charge in [-0.1, -0.05) is 20.8 Å². The van der Waals surface area contributed by atoms with E-state index in [4.69, 9.17) is 5.11 Å². The molecule has 0 radical (unpaired) electrons. The zero-order valence-corrected chi connectivity index (χ0v) is 12.7. The molecule has 0 aromatic carbocycles. The Kier molecular flexibility index (Phi) is 6.61. The Morgan fingerprint density at radius 3 is 2.78 bits per heavy atom. The lowest BCUT2D eigenvalue weighted by Crippen LogP contribution is -2.47. The van der Waals surface area contributed by atoms with E-state index in [-0.39, 0.29) is 0 Å². The van der Waals surface area contributed by atoms with Crippen molar-refractivity contribution in [1.29, 1.82) is 0 Å². The van der Waals surface area contributed by atoms with Crippen LogP contribution in [0.15, 0.2) is 0 Å². The Hall–Kier alpha value is -0.120. The normalized spacial score (nSPS) is 23.5. The molecule has 108 valence electrons. The van der Waals surface area contributed by atoms with Crippen molar-refractivity contribution in [2.75, 3.05) is 26.2 Å². The van der Waals surface area contributed by atoms with Gasteiger partial charge in [0.05, 0.1) is 0 Å². The van der Waals surface area contributed by atoms with Crippen LogP contribution >= 0.6 is 0 Å². The van der Waals surface area contributed by atoms with E-state index < -0.39 is 0 Å². The van der Waals surface area contributed by atoms with E-state index in [9.17, 15) is 0 Å². The highest BCUT2D eigenvalue weighted by molar-refractivity contribution is 4.88. The van der Waals surface area contributed by atoms with Crippen LogP contribution in [-0.4, -0.2) is 48.3 Å². The van der Waals surface area contributed by atoms with Gasteiger partial charge in [-0.15, -0.1) is 0 Å². The lowest BCUT2D eigenvalue weighted by Gasteiger charge is -2.38. The molecule has 1 heterocycles. The summed E-state index contributed by atoms with van der Waals surface area (Å²) in [6, 6.07) is 1.24. The largest absolute Gasteiger partial charge is 0.396 e. The molecule has 0 spiro atoms. The number of nitrogens with zero attached hydrogens (tertiary/aromatic N) is 1. The van der Waals surface area contributed by atoms with Gasteiger partial charge in [0, 0.05) is 25.2 Å². The summed E-state index contributed by atoms with van der Waals surface area (Å²) >= 11 is 0. The number of aliphatic hydroxyl groups excluding tert-OH is 1. The fourth-order valence-electron chi connectivity index (χ4n) is 3.00. The molecule has 2 N–H and O–H groups in total. The van der Waals surface area contributed by atoms with E-state index in [1.165, 1.54) is 19.4 Å². The van der Waals surface area contributed by atoms with Crippen molar-refractivity contribution in [1.82, 2.24) is 10.2 Å². The highest BCUT2D eigenvalue weighted by Crippen LogP contribution is 2.28. The Labute approximate surface area is 113 Å². The van der Waals surface area contributed by atoms with Crippen LogP contribution in [0.1, 0.15) is 53.4 Å². The first-order valence-corrected chi connectivity index (χ1v) is 7.59. The monoisotopic (exact) mass is 256 g/mol.